The van der Waals surface area contributed by atoms with E-state index in [0.717, 1.165) is 18.1 Å². The van der Waals surface area contributed by atoms with E-state index in [1.54, 1.807) is 0 Å². The monoisotopic (exact) mass is 317 g/mol. The molecule has 0 spiro atoms. The van der Waals surface area contributed by atoms with Gasteiger partial charge in [-0.05, 0) is 56.6 Å². The zero-order valence-electron chi connectivity index (χ0n) is 15.4. The van der Waals surface area contributed by atoms with E-state index in [2.05, 4.69) is 31.8 Å². The van der Waals surface area contributed by atoms with Crippen molar-refractivity contribution in [1.29, 1.82) is 0 Å². The lowest BCUT2D eigenvalue weighted by Gasteiger charge is -2.29. The molecule has 2 nitrogen and oxygen atoms in total. The maximum Gasteiger partial charge on any atom is 0.138 e. The van der Waals surface area contributed by atoms with Crippen LogP contribution >= 0.6 is 0 Å². The molecule has 2 rings (SSSR count). The summed E-state index contributed by atoms with van der Waals surface area (Å²) in [5.41, 5.74) is 2.44. The molecule has 0 bridgehead atoms. The van der Waals surface area contributed by atoms with E-state index in [1.807, 2.05) is 6.20 Å². The van der Waals surface area contributed by atoms with Crippen molar-refractivity contribution in [1.82, 2.24) is 4.98 Å². The highest BCUT2D eigenvalue weighted by Crippen LogP contribution is 2.31. The second kappa shape index (κ2) is 9.95. The first-order valence-electron chi connectivity index (χ1n) is 9.85. The number of nitrogens with zero attached hydrogens (tertiary/aromatic N) is 1. The molecule has 130 valence electrons. The maximum atomic E-state index is 6.18. The Labute approximate surface area is 143 Å². The number of pyridine rings is 1. The maximum absolute atomic E-state index is 6.18. The van der Waals surface area contributed by atoms with Gasteiger partial charge in [0.25, 0.3) is 0 Å². The van der Waals surface area contributed by atoms with Gasteiger partial charge >= 0.3 is 0 Å². The number of unbranched alkanes of at least 4 members (excludes halogenated alkanes) is 4. The largest absolute Gasteiger partial charge is 0.489 e. The Bertz CT molecular complexity index is 449. The van der Waals surface area contributed by atoms with Crippen molar-refractivity contribution < 1.29 is 4.74 Å². The highest BCUT2D eigenvalue weighted by atomic mass is 16.5. The molecule has 0 saturated heterocycles. The van der Waals surface area contributed by atoms with E-state index >= 15 is 0 Å². The van der Waals surface area contributed by atoms with Crippen LogP contribution in [-0.4, -0.2) is 11.1 Å². The fourth-order valence-electron chi connectivity index (χ4n) is 3.78. The van der Waals surface area contributed by atoms with Crippen molar-refractivity contribution in [3.63, 3.8) is 0 Å². The first-order chi connectivity index (χ1) is 11.2. The van der Waals surface area contributed by atoms with Crippen LogP contribution in [0.25, 0.3) is 0 Å². The van der Waals surface area contributed by atoms with Crippen molar-refractivity contribution in [2.75, 3.05) is 0 Å². The highest BCUT2D eigenvalue weighted by Gasteiger charge is 2.22. The Morgan fingerprint density at radius 1 is 1.04 bits per heavy atom. The first-order valence-corrected chi connectivity index (χ1v) is 9.85. The Balaban J connectivity index is 1.67. The molecule has 0 unspecified atom stereocenters. The molecule has 0 N–H and O–H groups in total. The Hall–Kier alpha value is -1.05. The number of hydrogen-bond donors (Lipinski definition) is 0. The molecular weight excluding hydrogens is 282 g/mol. The van der Waals surface area contributed by atoms with Crippen LogP contribution in [0, 0.1) is 12.8 Å². The third-order valence-corrected chi connectivity index (χ3v) is 5.31. The van der Waals surface area contributed by atoms with Crippen LogP contribution in [0.5, 0.6) is 5.75 Å². The van der Waals surface area contributed by atoms with Crippen LogP contribution in [0.1, 0.15) is 89.3 Å². The molecular formula is C21H35NO. The van der Waals surface area contributed by atoms with Crippen molar-refractivity contribution in [3.8, 4) is 5.75 Å². The standard InChI is InChI=1S/C21H35NO/c1-4-6-7-8-9-10-18-11-13-19(14-12-18)23-20-15-17(3)21(5-2)22-16-20/h15-16,18-19H,4-14H2,1-3H3/t18-,19-. The van der Waals surface area contributed by atoms with Gasteiger partial charge in [0.05, 0.1) is 12.3 Å². The predicted molar refractivity (Wildman–Crippen MR) is 98.1 cm³/mol. The van der Waals surface area contributed by atoms with Crippen molar-refractivity contribution in [2.24, 2.45) is 5.92 Å². The molecule has 0 aromatic carbocycles. The number of aryl methyl sites for hydroxylation is 2. The van der Waals surface area contributed by atoms with E-state index in [0.29, 0.717) is 6.10 Å². The van der Waals surface area contributed by atoms with Gasteiger partial charge in [0.2, 0.25) is 0 Å². The van der Waals surface area contributed by atoms with E-state index in [4.69, 9.17) is 4.74 Å². The quantitative estimate of drug-likeness (QED) is 0.502. The SMILES string of the molecule is CCCCCCC[C@H]1CC[C@H](Oc2cnc(CC)c(C)c2)CC1. The molecule has 1 heterocycles. The van der Waals surface area contributed by atoms with Crippen molar-refractivity contribution >= 4 is 0 Å². The summed E-state index contributed by atoms with van der Waals surface area (Å²) in [6, 6.07) is 2.16. The summed E-state index contributed by atoms with van der Waals surface area (Å²) in [5, 5.41) is 0. The predicted octanol–water partition coefficient (Wildman–Crippen LogP) is 6.25. The molecule has 0 amide bonds. The van der Waals surface area contributed by atoms with Gasteiger partial charge in [-0.3, -0.25) is 4.98 Å². The van der Waals surface area contributed by atoms with E-state index < -0.39 is 0 Å². The number of ether oxygens (including phenoxy) is 1. The van der Waals surface area contributed by atoms with Crippen LogP contribution in [-0.2, 0) is 6.42 Å². The molecule has 0 aliphatic heterocycles. The summed E-state index contributed by atoms with van der Waals surface area (Å²) < 4.78 is 6.18. The van der Waals surface area contributed by atoms with E-state index in [9.17, 15) is 0 Å². The zero-order valence-corrected chi connectivity index (χ0v) is 15.4. The lowest BCUT2D eigenvalue weighted by Crippen LogP contribution is -2.24. The molecule has 1 fully saturated rings. The minimum atomic E-state index is 0.403. The minimum Gasteiger partial charge on any atom is -0.489 e. The average molecular weight is 318 g/mol. The van der Waals surface area contributed by atoms with Gasteiger partial charge < -0.3 is 4.74 Å². The van der Waals surface area contributed by atoms with Gasteiger partial charge in [0.15, 0.2) is 0 Å². The Morgan fingerprint density at radius 3 is 2.43 bits per heavy atom. The van der Waals surface area contributed by atoms with Crippen LogP contribution < -0.4 is 4.74 Å². The normalized spacial score (nSPS) is 21.3. The zero-order chi connectivity index (χ0) is 16.5. The van der Waals surface area contributed by atoms with Gasteiger partial charge in [-0.15, -0.1) is 0 Å². The molecule has 1 aliphatic carbocycles. The van der Waals surface area contributed by atoms with E-state index in [1.165, 1.54) is 75.5 Å². The topological polar surface area (TPSA) is 22.1 Å². The second-order valence-electron chi connectivity index (χ2n) is 7.25. The number of rotatable bonds is 9. The Kier molecular flexibility index (Phi) is 7.91. The second-order valence-corrected chi connectivity index (χ2v) is 7.25. The minimum absolute atomic E-state index is 0.403. The number of hydrogen-bond acceptors (Lipinski definition) is 2. The van der Waals surface area contributed by atoms with Crippen LogP contribution in [0.2, 0.25) is 0 Å². The van der Waals surface area contributed by atoms with Gasteiger partial charge in [-0.1, -0.05) is 52.4 Å². The number of aromatic nitrogens is 1. The summed E-state index contributed by atoms with van der Waals surface area (Å²) in [5.74, 6) is 1.90. The lowest BCUT2D eigenvalue weighted by molar-refractivity contribution is 0.127. The van der Waals surface area contributed by atoms with Gasteiger partial charge in [0, 0.05) is 5.69 Å². The molecule has 1 aromatic heterocycles. The van der Waals surface area contributed by atoms with Crippen LogP contribution in [0.4, 0.5) is 0 Å². The summed E-state index contributed by atoms with van der Waals surface area (Å²) >= 11 is 0. The summed E-state index contributed by atoms with van der Waals surface area (Å²) in [4.78, 5) is 4.52. The summed E-state index contributed by atoms with van der Waals surface area (Å²) in [6.07, 6.45) is 16.9. The molecule has 1 aliphatic rings. The molecule has 0 atom stereocenters. The highest BCUT2D eigenvalue weighted by molar-refractivity contribution is 5.28. The molecule has 1 saturated carbocycles. The third kappa shape index (κ3) is 6.16. The van der Waals surface area contributed by atoms with Gasteiger partial charge in [-0.2, -0.15) is 0 Å². The van der Waals surface area contributed by atoms with Crippen molar-refractivity contribution in [3.05, 3.63) is 23.5 Å². The lowest BCUT2D eigenvalue weighted by atomic mass is 9.84. The van der Waals surface area contributed by atoms with Gasteiger partial charge in [0.1, 0.15) is 5.75 Å². The Morgan fingerprint density at radius 2 is 1.78 bits per heavy atom. The van der Waals surface area contributed by atoms with E-state index in [-0.39, 0.29) is 0 Å². The van der Waals surface area contributed by atoms with Crippen LogP contribution in [0.15, 0.2) is 12.3 Å². The summed E-state index contributed by atoms with van der Waals surface area (Å²) in [6.45, 7) is 6.57. The first kappa shape index (κ1) is 18.3. The summed E-state index contributed by atoms with van der Waals surface area (Å²) in [7, 11) is 0. The average Bonchev–Trinajstić information content (AvgIpc) is 2.56. The smallest absolute Gasteiger partial charge is 0.138 e. The van der Waals surface area contributed by atoms with Gasteiger partial charge in [-0.25, -0.2) is 0 Å². The molecule has 2 heteroatoms. The molecule has 0 radical (unpaired) electrons. The fourth-order valence-corrected chi connectivity index (χ4v) is 3.78. The molecule has 1 aromatic rings. The molecule has 23 heavy (non-hydrogen) atoms. The fraction of sp³-hybridized carbons (Fsp3) is 0.762. The van der Waals surface area contributed by atoms with Crippen LogP contribution in [0.3, 0.4) is 0 Å². The third-order valence-electron chi connectivity index (χ3n) is 5.31. The van der Waals surface area contributed by atoms with Crippen molar-refractivity contribution in [2.45, 2.75) is 97.5 Å².